The summed E-state index contributed by atoms with van der Waals surface area (Å²) in [7, 11) is -2.41. The topological polar surface area (TPSA) is 129 Å². The van der Waals surface area contributed by atoms with Gasteiger partial charge in [0.05, 0.1) is 58.2 Å². The molecule has 2 aliphatic heterocycles. The normalized spacial score (nSPS) is 15.7. The average Bonchev–Trinajstić information content (AvgIpc) is 3.61. The van der Waals surface area contributed by atoms with Crippen molar-refractivity contribution in [2.75, 3.05) is 75.1 Å². The summed E-state index contributed by atoms with van der Waals surface area (Å²) in [5.41, 5.74) is 1.31. The van der Waals surface area contributed by atoms with Gasteiger partial charge >= 0.3 is 6.18 Å². The molecule has 0 atom stereocenters. The number of ether oxygens (including phenoxy) is 1. The quantitative estimate of drug-likeness (QED) is 0.168. The van der Waals surface area contributed by atoms with Gasteiger partial charge < -0.3 is 20.3 Å². The largest absolute Gasteiger partial charge is 0.416 e. The van der Waals surface area contributed by atoms with Gasteiger partial charge in [0.2, 0.25) is 10.0 Å². The van der Waals surface area contributed by atoms with E-state index in [4.69, 9.17) is 4.74 Å². The number of carbonyl (C=O) groups excluding carboxylic acids is 2. The van der Waals surface area contributed by atoms with Crippen LogP contribution in [0.2, 0.25) is 0 Å². The number of morpholine rings is 1. The lowest BCUT2D eigenvalue weighted by atomic mass is 10.1. The first kappa shape index (κ1) is 39.9. The van der Waals surface area contributed by atoms with Gasteiger partial charge in [0.1, 0.15) is 0 Å². The zero-order valence-corrected chi connectivity index (χ0v) is 31.9. The van der Waals surface area contributed by atoms with Gasteiger partial charge in [-0.15, -0.1) is 0 Å². The van der Waals surface area contributed by atoms with Crippen LogP contribution in [0, 0.1) is 0 Å². The summed E-state index contributed by atoms with van der Waals surface area (Å²) >= 11 is 0. The van der Waals surface area contributed by atoms with Crippen molar-refractivity contribution in [2.24, 2.45) is 0 Å². The average molecular weight is 782 g/mol. The summed E-state index contributed by atoms with van der Waals surface area (Å²) in [5.74, 6) is -1.39. The first-order valence-corrected chi connectivity index (χ1v) is 19.8. The SMILES string of the molecule is CC(C)c1nn(-c2cccc(C(F)(F)F)c2)cc1NC(=O)c1cc(N2CCCCC2)ccc1NC(=O)c1cccc(S(=O)(=O)N(C)CCN2CCOCC2)c1. The van der Waals surface area contributed by atoms with E-state index in [9.17, 15) is 31.2 Å². The fourth-order valence-electron chi connectivity index (χ4n) is 6.63. The number of aromatic nitrogens is 2. The van der Waals surface area contributed by atoms with E-state index in [1.54, 1.807) is 12.1 Å². The number of hydrogen-bond acceptors (Lipinski definition) is 8. The molecular weight excluding hydrogens is 736 g/mol. The summed E-state index contributed by atoms with van der Waals surface area (Å²) in [6.45, 7) is 8.78. The van der Waals surface area contributed by atoms with Crippen molar-refractivity contribution < 1.29 is 35.9 Å². The maximum absolute atomic E-state index is 14.2. The third-order valence-electron chi connectivity index (χ3n) is 9.83. The smallest absolute Gasteiger partial charge is 0.379 e. The standard InChI is InChI=1S/C39H46F3N7O5S/c1-27(2)36-35(26-49(45-36)31-11-8-10-29(24-31)39(40,41)42)44-38(51)33-25-30(48-15-5-4-6-16-48)13-14-34(33)43-37(50)28-9-7-12-32(23-28)55(52,53)46(3)17-18-47-19-21-54-22-20-47/h7-14,23-27H,4-6,15-22H2,1-3H3,(H,43,50)(H,44,51). The summed E-state index contributed by atoms with van der Waals surface area (Å²) in [6.07, 6.45) is 0.0161. The first-order chi connectivity index (χ1) is 26.2. The van der Waals surface area contributed by atoms with Crippen LogP contribution >= 0.6 is 0 Å². The van der Waals surface area contributed by atoms with Gasteiger partial charge in [-0.25, -0.2) is 13.1 Å². The summed E-state index contributed by atoms with van der Waals surface area (Å²) < 4.78 is 75.4. The van der Waals surface area contributed by atoms with E-state index in [1.807, 2.05) is 19.9 Å². The number of amides is 2. The molecule has 0 unspecified atom stereocenters. The van der Waals surface area contributed by atoms with Crippen molar-refractivity contribution in [3.8, 4) is 5.69 Å². The molecule has 3 aromatic carbocycles. The van der Waals surface area contributed by atoms with Gasteiger partial charge in [-0.2, -0.15) is 22.6 Å². The molecule has 294 valence electrons. The van der Waals surface area contributed by atoms with Gasteiger partial charge in [-0.3, -0.25) is 14.5 Å². The molecule has 55 heavy (non-hydrogen) atoms. The van der Waals surface area contributed by atoms with Crippen molar-refractivity contribution in [1.29, 1.82) is 0 Å². The fraction of sp³-hybridized carbons (Fsp3) is 0.410. The second-order valence-corrected chi connectivity index (χ2v) is 16.1. The highest BCUT2D eigenvalue weighted by Crippen LogP contribution is 2.33. The van der Waals surface area contributed by atoms with E-state index in [0.29, 0.717) is 31.1 Å². The molecule has 2 fully saturated rings. The van der Waals surface area contributed by atoms with Crippen LogP contribution in [0.15, 0.2) is 77.8 Å². The maximum Gasteiger partial charge on any atom is 0.416 e. The molecule has 0 bridgehead atoms. The van der Waals surface area contributed by atoms with E-state index in [1.165, 1.54) is 58.6 Å². The van der Waals surface area contributed by atoms with Crippen LogP contribution in [0.1, 0.15) is 71.0 Å². The number of carbonyl (C=O) groups is 2. The number of likely N-dealkylation sites (N-methyl/N-ethyl adjacent to an activating group) is 1. The van der Waals surface area contributed by atoms with Crippen molar-refractivity contribution in [2.45, 2.75) is 50.1 Å². The van der Waals surface area contributed by atoms with Gasteiger partial charge in [-0.1, -0.05) is 26.0 Å². The molecule has 0 aliphatic carbocycles. The van der Waals surface area contributed by atoms with Crippen LogP contribution in [-0.4, -0.2) is 98.7 Å². The molecule has 16 heteroatoms. The van der Waals surface area contributed by atoms with E-state index in [0.717, 1.165) is 63.3 Å². The van der Waals surface area contributed by atoms with Crippen LogP contribution in [-0.2, 0) is 20.9 Å². The second kappa shape index (κ2) is 16.9. The van der Waals surface area contributed by atoms with Crippen molar-refractivity contribution in [3.05, 3.63) is 95.3 Å². The Morgan fingerprint density at radius 3 is 2.29 bits per heavy atom. The molecule has 1 aromatic heterocycles. The highest BCUT2D eigenvalue weighted by molar-refractivity contribution is 7.89. The van der Waals surface area contributed by atoms with Crippen LogP contribution < -0.4 is 15.5 Å². The molecule has 2 saturated heterocycles. The number of nitrogens with zero attached hydrogens (tertiary/aromatic N) is 5. The summed E-state index contributed by atoms with van der Waals surface area (Å²) in [4.78, 5) is 32.2. The summed E-state index contributed by atoms with van der Waals surface area (Å²) in [5, 5.41) is 10.2. The Bertz CT molecular complexity index is 2110. The zero-order valence-electron chi connectivity index (χ0n) is 31.1. The Morgan fingerprint density at radius 2 is 1.58 bits per heavy atom. The predicted octanol–water partition coefficient (Wildman–Crippen LogP) is 6.46. The minimum Gasteiger partial charge on any atom is -0.379 e. The molecule has 12 nitrogen and oxygen atoms in total. The van der Waals surface area contributed by atoms with E-state index in [-0.39, 0.29) is 39.9 Å². The van der Waals surface area contributed by atoms with Crippen molar-refractivity contribution >= 4 is 38.9 Å². The van der Waals surface area contributed by atoms with Gasteiger partial charge in [-0.05, 0) is 79.8 Å². The van der Waals surface area contributed by atoms with Gasteiger partial charge in [0.25, 0.3) is 11.8 Å². The van der Waals surface area contributed by atoms with Crippen molar-refractivity contribution in [3.63, 3.8) is 0 Å². The molecule has 2 aliphatic rings. The number of piperidine rings is 1. The fourth-order valence-corrected chi connectivity index (χ4v) is 7.84. The number of hydrogen-bond donors (Lipinski definition) is 2. The third kappa shape index (κ3) is 9.55. The highest BCUT2D eigenvalue weighted by Gasteiger charge is 2.31. The number of nitrogens with one attached hydrogen (secondary N) is 2. The number of sulfonamides is 1. The first-order valence-electron chi connectivity index (χ1n) is 18.4. The molecule has 4 aromatic rings. The molecular formula is C39H46F3N7O5S. The zero-order chi connectivity index (χ0) is 39.3. The maximum atomic E-state index is 14.2. The van der Waals surface area contributed by atoms with Gasteiger partial charge in [0.15, 0.2) is 0 Å². The summed E-state index contributed by atoms with van der Waals surface area (Å²) in [6, 6.07) is 15.7. The third-order valence-corrected chi connectivity index (χ3v) is 11.7. The molecule has 2 amide bonds. The Balaban J connectivity index is 1.26. The Kier molecular flexibility index (Phi) is 12.3. The Morgan fingerprint density at radius 1 is 0.873 bits per heavy atom. The lowest BCUT2D eigenvalue weighted by Gasteiger charge is -2.29. The number of alkyl halides is 3. The number of anilines is 3. The highest BCUT2D eigenvalue weighted by atomic mass is 32.2. The minimum absolute atomic E-state index is 0.0398. The number of benzene rings is 3. The number of rotatable bonds is 12. The monoisotopic (exact) mass is 781 g/mol. The van der Waals surface area contributed by atoms with Crippen LogP contribution in [0.4, 0.5) is 30.2 Å². The van der Waals surface area contributed by atoms with Crippen LogP contribution in [0.5, 0.6) is 0 Å². The molecule has 6 rings (SSSR count). The molecule has 0 saturated carbocycles. The second-order valence-electron chi connectivity index (χ2n) is 14.1. The molecule has 2 N–H and O–H groups in total. The van der Waals surface area contributed by atoms with E-state index >= 15 is 0 Å². The van der Waals surface area contributed by atoms with E-state index in [2.05, 4.69) is 25.5 Å². The predicted molar refractivity (Wildman–Crippen MR) is 205 cm³/mol. The molecule has 3 heterocycles. The minimum atomic E-state index is -4.55. The lowest BCUT2D eigenvalue weighted by molar-refractivity contribution is -0.137. The lowest BCUT2D eigenvalue weighted by Crippen LogP contribution is -2.41. The number of halogens is 3. The molecule has 0 radical (unpaired) electrons. The van der Waals surface area contributed by atoms with Crippen LogP contribution in [0.25, 0.3) is 5.69 Å². The Labute approximate surface area is 319 Å². The van der Waals surface area contributed by atoms with E-state index < -0.39 is 33.6 Å². The van der Waals surface area contributed by atoms with Crippen LogP contribution in [0.3, 0.4) is 0 Å². The Hall–Kier alpha value is -4.77. The molecule has 0 spiro atoms. The van der Waals surface area contributed by atoms with Crippen molar-refractivity contribution in [1.82, 2.24) is 19.0 Å². The van der Waals surface area contributed by atoms with Gasteiger partial charge in [0, 0.05) is 57.6 Å².